The summed E-state index contributed by atoms with van der Waals surface area (Å²) in [5.74, 6) is 0.882. The van der Waals surface area contributed by atoms with E-state index in [1.807, 2.05) is 12.1 Å². The molecule has 20 heavy (non-hydrogen) atoms. The van der Waals surface area contributed by atoms with Gasteiger partial charge in [0.15, 0.2) is 0 Å². The van der Waals surface area contributed by atoms with Crippen molar-refractivity contribution in [2.75, 3.05) is 6.61 Å². The monoisotopic (exact) mass is 292 g/mol. The van der Waals surface area contributed by atoms with E-state index in [-0.39, 0.29) is 11.5 Å². The largest absolute Gasteiger partial charge is 0.492 e. The molecule has 3 nitrogen and oxygen atoms in total. The number of thiazole rings is 1. The van der Waals surface area contributed by atoms with E-state index in [0.717, 1.165) is 24.1 Å². The first-order chi connectivity index (χ1) is 9.37. The van der Waals surface area contributed by atoms with Gasteiger partial charge in [-0.3, -0.25) is 0 Å². The summed E-state index contributed by atoms with van der Waals surface area (Å²) in [6, 6.07) is 6.18. The van der Waals surface area contributed by atoms with E-state index < -0.39 is 0 Å². The van der Waals surface area contributed by atoms with E-state index in [4.69, 9.17) is 10.5 Å². The van der Waals surface area contributed by atoms with Crippen molar-refractivity contribution in [2.45, 2.75) is 46.6 Å². The van der Waals surface area contributed by atoms with E-state index in [9.17, 15) is 0 Å². The van der Waals surface area contributed by atoms with Gasteiger partial charge in [0, 0.05) is 12.5 Å². The Labute approximate surface area is 125 Å². The number of ether oxygens (including phenoxy) is 1. The molecule has 2 aromatic rings. The molecule has 110 valence electrons. The fraction of sp³-hybridized carbons (Fsp3) is 0.562. The fourth-order valence-electron chi connectivity index (χ4n) is 1.89. The van der Waals surface area contributed by atoms with Crippen molar-refractivity contribution < 1.29 is 4.74 Å². The third-order valence-corrected chi connectivity index (χ3v) is 4.09. The summed E-state index contributed by atoms with van der Waals surface area (Å²) in [5, 5.41) is 1.19. The maximum Gasteiger partial charge on any atom is 0.120 e. The number of rotatable bonds is 5. The van der Waals surface area contributed by atoms with Crippen molar-refractivity contribution in [3.05, 3.63) is 23.2 Å². The lowest BCUT2D eigenvalue weighted by Crippen LogP contribution is -2.26. The Morgan fingerprint density at radius 3 is 2.75 bits per heavy atom. The average molecular weight is 292 g/mol. The molecular formula is C16H24N2OS. The minimum atomic E-state index is 0.101. The maximum atomic E-state index is 5.87. The molecule has 2 N–H and O–H groups in total. The second kappa shape index (κ2) is 6.10. The summed E-state index contributed by atoms with van der Waals surface area (Å²) in [4.78, 5) is 4.69. The van der Waals surface area contributed by atoms with Gasteiger partial charge >= 0.3 is 0 Å². The number of nitrogens with two attached hydrogens (primary N) is 1. The Balaban J connectivity index is 2.13. The minimum Gasteiger partial charge on any atom is -0.492 e. The van der Waals surface area contributed by atoms with Crippen molar-refractivity contribution in [1.29, 1.82) is 0 Å². The van der Waals surface area contributed by atoms with Crippen LogP contribution in [-0.4, -0.2) is 17.6 Å². The Bertz CT molecular complexity index is 571. The van der Waals surface area contributed by atoms with Gasteiger partial charge in [-0.05, 0) is 30.0 Å². The van der Waals surface area contributed by atoms with Gasteiger partial charge in [0.1, 0.15) is 12.4 Å². The molecule has 1 atom stereocenters. The summed E-state index contributed by atoms with van der Waals surface area (Å²) in [5.41, 5.74) is 7.19. The van der Waals surface area contributed by atoms with Crippen LogP contribution in [0.3, 0.4) is 0 Å². The van der Waals surface area contributed by atoms with E-state index in [1.54, 1.807) is 11.3 Å². The molecule has 0 aliphatic heterocycles. The number of hydrogen-bond donors (Lipinski definition) is 1. The molecule has 0 bridgehead atoms. The van der Waals surface area contributed by atoms with Crippen LogP contribution in [0.25, 0.3) is 10.2 Å². The first-order valence-corrected chi connectivity index (χ1v) is 7.97. The SMILES string of the molecule is CCC(N)COc1ccc2nc(CC(C)(C)C)sc2c1. The highest BCUT2D eigenvalue weighted by atomic mass is 32.1. The predicted molar refractivity (Wildman–Crippen MR) is 86.5 cm³/mol. The smallest absolute Gasteiger partial charge is 0.120 e. The van der Waals surface area contributed by atoms with Gasteiger partial charge in [-0.2, -0.15) is 0 Å². The second-order valence-corrected chi connectivity index (χ2v) is 7.57. The van der Waals surface area contributed by atoms with Crippen LogP contribution in [0.4, 0.5) is 0 Å². The van der Waals surface area contributed by atoms with E-state index >= 15 is 0 Å². The van der Waals surface area contributed by atoms with Gasteiger partial charge in [0.05, 0.1) is 15.2 Å². The summed E-state index contributed by atoms with van der Waals surface area (Å²) in [7, 11) is 0. The molecule has 1 aromatic carbocycles. The summed E-state index contributed by atoms with van der Waals surface area (Å²) in [6.07, 6.45) is 1.93. The molecule has 0 saturated carbocycles. The Kier molecular flexibility index (Phi) is 4.66. The molecule has 1 unspecified atom stereocenters. The van der Waals surface area contributed by atoms with Crippen LogP contribution < -0.4 is 10.5 Å². The molecule has 4 heteroatoms. The lowest BCUT2D eigenvalue weighted by molar-refractivity contribution is 0.286. The third-order valence-electron chi connectivity index (χ3n) is 3.07. The lowest BCUT2D eigenvalue weighted by Gasteiger charge is -2.15. The van der Waals surface area contributed by atoms with Crippen LogP contribution in [0.2, 0.25) is 0 Å². The van der Waals surface area contributed by atoms with E-state index in [2.05, 4.69) is 38.7 Å². The second-order valence-electron chi connectivity index (χ2n) is 6.45. The molecule has 0 saturated heterocycles. The van der Waals surface area contributed by atoms with Crippen LogP contribution in [0.1, 0.15) is 39.1 Å². The lowest BCUT2D eigenvalue weighted by atomic mass is 9.93. The standard InChI is InChI=1S/C16H24N2OS/c1-5-11(17)10-19-12-6-7-13-14(8-12)20-15(18-13)9-16(2,3)4/h6-8,11H,5,9-10,17H2,1-4H3. The molecule has 2 rings (SSSR count). The molecule has 0 fully saturated rings. The number of fused-ring (bicyclic) bond motifs is 1. The zero-order valence-corrected chi connectivity index (χ0v) is 13.6. The van der Waals surface area contributed by atoms with Gasteiger partial charge in [0.2, 0.25) is 0 Å². The Morgan fingerprint density at radius 2 is 2.10 bits per heavy atom. The van der Waals surface area contributed by atoms with Crippen LogP contribution in [0, 0.1) is 5.41 Å². The highest BCUT2D eigenvalue weighted by molar-refractivity contribution is 7.18. The zero-order chi connectivity index (χ0) is 14.8. The Hall–Kier alpha value is -1.13. The molecule has 1 heterocycles. The number of nitrogens with zero attached hydrogens (tertiary/aromatic N) is 1. The van der Waals surface area contributed by atoms with Gasteiger partial charge in [-0.1, -0.05) is 27.7 Å². The summed E-state index contributed by atoms with van der Waals surface area (Å²) in [6.45, 7) is 9.34. The molecule has 0 aliphatic rings. The number of aromatic nitrogens is 1. The van der Waals surface area contributed by atoms with Crippen molar-refractivity contribution in [3.8, 4) is 5.75 Å². The molecule has 1 aromatic heterocycles. The summed E-state index contributed by atoms with van der Waals surface area (Å²) < 4.78 is 6.92. The normalized spacial score (nSPS) is 13.7. The third kappa shape index (κ3) is 4.18. The van der Waals surface area contributed by atoms with Crippen LogP contribution in [0.15, 0.2) is 18.2 Å². The quantitative estimate of drug-likeness (QED) is 0.906. The first-order valence-electron chi connectivity index (χ1n) is 7.15. The van der Waals surface area contributed by atoms with Crippen molar-refractivity contribution in [3.63, 3.8) is 0 Å². The molecular weight excluding hydrogens is 268 g/mol. The van der Waals surface area contributed by atoms with Crippen LogP contribution in [-0.2, 0) is 6.42 Å². The van der Waals surface area contributed by atoms with Crippen molar-refractivity contribution in [2.24, 2.45) is 11.1 Å². The van der Waals surface area contributed by atoms with E-state index in [0.29, 0.717) is 6.61 Å². The van der Waals surface area contributed by atoms with Crippen molar-refractivity contribution >= 4 is 21.6 Å². The fourth-order valence-corrected chi connectivity index (χ4v) is 3.19. The number of benzene rings is 1. The van der Waals surface area contributed by atoms with Crippen molar-refractivity contribution in [1.82, 2.24) is 4.98 Å². The highest BCUT2D eigenvalue weighted by Gasteiger charge is 2.15. The average Bonchev–Trinajstić information content (AvgIpc) is 2.74. The highest BCUT2D eigenvalue weighted by Crippen LogP contribution is 2.30. The Morgan fingerprint density at radius 1 is 1.35 bits per heavy atom. The van der Waals surface area contributed by atoms with Gasteiger partial charge < -0.3 is 10.5 Å². The molecule has 0 radical (unpaired) electrons. The maximum absolute atomic E-state index is 5.87. The predicted octanol–water partition coefficient (Wildman–Crippen LogP) is 4.00. The molecule has 0 spiro atoms. The minimum absolute atomic E-state index is 0.101. The zero-order valence-electron chi connectivity index (χ0n) is 12.8. The van der Waals surface area contributed by atoms with Gasteiger partial charge in [-0.15, -0.1) is 11.3 Å². The van der Waals surface area contributed by atoms with E-state index in [1.165, 1.54) is 9.71 Å². The van der Waals surface area contributed by atoms with Gasteiger partial charge in [0.25, 0.3) is 0 Å². The first kappa shape index (κ1) is 15.3. The summed E-state index contributed by atoms with van der Waals surface area (Å²) >= 11 is 1.76. The molecule has 0 aliphatic carbocycles. The van der Waals surface area contributed by atoms with Crippen LogP contribution in [0.5, 0.6) is 5.75 Å². The number of hydrogen-bond acceptors (Lipinski definition) is 4. The molecule has 0 amide bonds. The topological polar surface area (TPSA) is 48.1 Å². The van der Waals surface area contributed by atoms with Gasteiger partial charge in [-0.25, -0.2) is 4.98 Å². The van der Waals surface area contributed by atoms with Crippen LogP contribution >= 0.6 is 11.3 Å².